The first kappa shape index (κ1) is 19.6. The van der Waals surface area contributed by atoms with Crippen molar-refractivity contribution in [1.82, 2.24) is 20.3 Å². The molecule has 0 bridgehead atoms. The van der Waals surface area contributed by atoms with Crippen molar-refractivity contribution < 1.29 is 19.1 Å². The van der Waals surface area contributed by atoms with Crippen LogP contribution in [0.1, 0.15) is 13.3 Å². The summed E-state index contributed by atoms with van der Waals surface area (Å²) in [5.74, 6) is -0.374. The number of aromatic amines is 1. The van der Waals surface area contributed by atoms with Crippen molar-refractivity contribution >= 4 is 51.2 Å². The average molecular weight is 428 g/mol. The van der Waals surface area contributed by atoms with Crippen LogP contribution in [-0.4, -0.2) is 44.3 Å². The molecule has 0 fully saturated rings. The lowest BCUT2D eigenvalue weighted by molar-refractivity contribution is -0.382. The number of rotatable bonds is 8. The summed E-state index contributed by atoms with van der Waals surface area (Å²) >= 11 is 1.27. The number of hydrogen-bond donors (Lipinski definition) is 2. The van der Waals surface area contributed by atoms with Gasteiger partial charge in [-0.05, 0) is 46.7 Å². The van der Waals surface area contributed by atoms with E-state index in [0.29, 0.717) is 23.0 Å². The van der Waals surface area contributed by atoms with Gasteiger partial charge in [0.15, 0.2) is 10.7 Å². The highest BCUT2D eigenvalue weighted by Crippen LogP contribution is 2.40. The maximum atomic E-state index is 11.7. The smallest absolute Gasteiger partial charge is 0.323 e. The number of para-hydroxylation sites is 2. The number of H-pyrrole nitrogens is 1. The topological polar surface area (TPSA) is 149 Å². The van der Waals surface area contributed by atoms with E-state index < -0.39 is 4.92 Å². The molecule has 4 rings (SSSR count). The molecule has 2 N–H and O–H groups in total. The van der Waals surface area contributed by atoms with E-state index in [1.165, 1.54) is 18.7 Å². The van der Waals surface area contributed by atoms with E-state index in [1.807, 2.05) is 24.3 Å². The molecule has 4 aromatic rings. The molecular weight excluding hydrogens is 412 g/mol. The van der Waals surface area contributed by atoms with Gasteiger partial charge in [-0.3, -0.25) is 14.9 Å². The van der Waals surface area contributed by atoms with E-state index >= 15 is 0 Å². The van der Waals surface area contributed by atoms with Crippen LogP contribution in [0.2, 0.25) is 0 Å². The number of aromatic nitrogens is 4. The third kappa shape index (κ3) is 4.03. The first-order valence-corrected chi connectivity index (χ1v) is 9.78. The fourth-order valence-corrected chi connectivity index (χ4v) is 3.81. The molecule has 0 aliphatic carbocycles. The number of nitro groups is 1. The Labute approximate surface area is 173 Å². The Kier molecular flexibility index (Phi) is 5.48. The second kappa shape index (κ2) is 8.37. The van der Waals surface area contributed by atoms with Gasteiger partial charge >= 0.3 is 11.7 Å². The minimum atomic E-state index is -0.531. The molecule has 12 heteroatoms. The number of esters is 1. The third-order valence-electron chi connectivity index (χ3n) is 4.18. The Hall–Kier alpha value is -3.67. The van der Waals surface area contributed by atoms with Crippen molar-refractivity contribution in [3.05, 3.63) is 40.4 Å². The van der Waals surface area contributed by atoms with Crippen LogP contribution >= 0.6 is 11.8 Å². The first-order chi connectivity index (χ1) is 14.5. The quantitative estimate of drug-likeness (QED) is 0.185. The summed E-state index contributed by atoms with van der Waals surface area (Å²) in [6, 6.07) is 9.20. The molecule has 154 valence electrons. The van der Waals surface area contributed by atoms with Gasteiger partial charge < -0.3 is 15.0 Å². The van der Waals surface area contributed by atoms with E-state index in [9.17, 15) is 14.9 Å². The highest BCUT2D eigenvalue weighted by Gasteiger charge is 2.26. The lowest BCUT2D eigenvalue weighted by Crippen LogP contribution is -2.09. The van der Waals surface area contributed by atoms with Gasteiger partial charge in [0.05, 0.1) is 22.6 Å². The number of nitrogens with one attached hydrogen (secondary N) is 2. The minimum absolute atomic E-state index is 0.0450. The predicted molar refractivity (Wildman–Crippen MR) is 108 cm³/mol. The maximum Gasteiger partial charge on any atom is 0.323 e. The molecule has 0 aliphatic rings. The monoisotopic (exact) mass is 428 g/mol. The van der Waals surface area contributed by atoms with Crippen LogP contribution in [0.5, 0.6) is 0 Å². The number of carbonyl (C=O) groups excluding carboxylic acids is 1. The molecule has 11 nitrogen and oxygen atoms in total. The Balaban J connectivity index is 1.65. The molecule has 0 amide bonds. The van der Waals surface area contributed by atoms with Crippen molar-refractivity contribution in [3.8, 4) is 0 Å². The van der Waals surface area contributed by atoms with Gasteiger partial charge in [-0.2, -0.15) is 0 Å². The van der Waals surface area contributed by atoms with Crippen LogP contribution in [0, 0.1) is 10.1 Å². The van der Waals surface area contributed by atoms with E-state index in [0.717, 1.165) is 11.0 Å². The number of hydrogen-bond acceptors (Lipinski definition) is 10. The second-order valence-electron chi connectivity index (χ2n) is 6.27. The van der Waals surface area contributed by atoms with E-state index in [2.05, 4.69) is 25.6 Å². The number of ether oxygens (including phenoxy) is 1. The molecule has 0 saturated heterocycles. The van der Waals surface area contributed by atoms with Crippen molar-refractivity contribution in [1.29, 1.82) is 0 Å². The summed E-state index contributed by atoms with van der Waals surface area (Å²) in [7, 11) is 0. The van der Waals surface area contributed by atoms with Crippen molar-refractivity contribution in [3.63, 3.8) is 0 Å². The molecular formula is C18H16N6O5S. The highest BCUT2D eigenvalue weighted by molar-refractivity contribution is 7.99. The van der Waals surface area contributed by atoms with Crippen LogP contribution in [-0.2, 0) is 9.53 Å². The summed E-state index contributed by atoms with van der Waals surface area (Å²) in [4.78, 5) is 30.3. The SMILES string of the molecule is CC(=O)OCCCNc1cc(Sc2nc3ccccc3[nH]2)c2nonc2c1[N+](=O)[O-]. The number of imidazole rings is 1. The van der Waals surface area contributed by atoms with Crippen molar-refractivity contribution in [2.24, 2.45) is 0 Å². The van der Waals surface area contributed by atoms with Gasteiger partial charge in [0.1, 0.15) is 5.69 Å². The fraction of sp³-hybridized carbons (Fsp3) is 0.222. The van der Waals surface area contributed by atoms with Gasteiger partial charge in [0.25, 0.3) is 0 Å². The zero-order valence-corrected chi connectivity index (χ0v) is 16.6. The Bertz CT molecular complexity index is 1200. The highest BCUT2D eigenvalue weighted by atomic mass is 32.2. The van der Waals surface area contributed by atoms with E-state index in [1.54, 1.807) is 6.07 Å². The Morgan fingerprint density at radius 2 is 2.13 bits per heavy atom. The lowest BCUT2D eigenvalue weighted by atomic mass is 10.2. The van der Waals surface area contributed by atoms with Gasteiger partial charge in [0, 0.05) is 18.4 Å². The normalized spacial score (nSPS) is 11.1. The number of nitro benzene ring substituents is 1. The fourth-order valence-electron chi connectivity index (χ4n) is 2.89. The van der Waals surface area contributed by atoms with Crippen LogP contribution in [0.3, 0.4) is 0 Å². The molecule has 2 aromatic carbocycles. The second-order valence-corrected chi connectivity index (χ2v) is 7.30. The summed E-state index contributed by atoms with van der Waals surface area (Å²) < 4.78 is 9.66. The first-order valence-electron chi connectivity index (χ1n) is 8.96. The van der Waals surface area contributed by atoms with Gasteiger partial charge in [-0.15, -0.1) is 0 Å². The lowest BCUT2D eigenvalue weighted by Gasteiger charge is -2.09. The number of anilines is 1. The van der Waals surface area contributed by atoms with Crippen LogP contribution in [0.15, 0.2) is 45.0 Å². The Morgan fingerprint density at radius 1 is 1.33 bits per heavy atom. The van der Waals surface area contributed by atoms with E-state index in [-0.39, 0.29) is 35.0 Å². The molecule has 0 radical (unpaired) electrons. The molecule has 0 aliphatic heterocycles. The van der Waals surface area contributed by atoms with Crippen LogP contribution < -0.4 is 5.32 Å². The summed E-state index contributed by atoms with van der Waals surface area (Å²) in [6.07, 6.45) is 0.484. The predicted octanol–water partition coefficient (Wildman–Crippen LogP) is 3.52. The summed E-state index contributed by atoms with van der Waals surface area (Å²) in [6.45, 7) is 1.90. The standard InChI is InChI=1S/C18H16N6O5S/c1-10(25)28-8-4-7-19-13-9-14(15-16(23-29-22-15)17(13)24(26)27)30-18-20-11-5-2-3-6-12(11)21-18/h2-3,5-6,9,19H,4,7-8H2,1H3,(H,20,21). The minimum Gasteiger partial charge on any atom is -0.466 e. The van der Waals surface area contributed by atoms with Crippen LogP contribution in [0.25, 0.3) is 22.1 Å². The molecule has 2 heterocycles. The zero-order valence-electron chi connectivity index (χ0n) is 15.7. The van der Waals surface area contributed by atoms with Crippen molar-refractivity contribution in [2.75, 3.05) is 18.5 Å². The van der Waals surface area contributed by atoms with Gasteiger partial charge in [-0.25, -0.2) is 9.61 Å². The summed E-state index contributed by atoms with van der Waals surface area (Å²) in [5, 5.41) is 22.9. The molecule has 30 heavy (non-hydrogen) atoms. The zero-order chi connectivity index (χ0) is 21.1. The third-order valence-corrected chi connectivity index (χ3v) is 5.09. The van der Waals surface area contributed by atoms with E-state index in [4.69, 9.17) is 9.37 Å². The van der Waals surface area contributed by atoms with Gasteiger partial charge in [0.2, 0.25) is 5.52 Å². The van der Waals surface area contributed by atoms with Crippen molar-refractivity contribution in [2.45, 2.75) is 23.4 Å². The number of fused-ring (bicyclic) bond motifs is 2. The molecule has 0 unspecified atom stereocenters. The Morgan fingerprint density at radius 3 is 2.90 bits per heavy atom. The number of benzene rings is 2. The number of carbonyl (C=O) groups is 1. The molecule has 0 atom stereocenters. The average Bonchev–Trinajstić information content (AvgIpc) is 3.33. The molecule has 0 saturated carbocycles. The largest absolute Gasteiger partial charge is 0.466 e. The van der Waals surface area contributed by atoms with Crippen LogP contribution in [0.4, 0.5) is 11.4 Å². The summed E-state index contributed by atoms with van der Waals surface area (Å²) in [5.41, 5.74) is 2.04. The number of nitrogens with zero attached hydrogens (tertiary/aromatic N) is 4. The van der Waals surface area contributed by atoms with Gasteiger partial charge in [-0.1, -0.05) is 12.1 Å². The molecule has 0 spiro atoms. The maximum absolute atomic E-state index is 11.7. The molecule has 2 aromatic heterocycles.